The lowest BCUT2D eigenvalue weighted by atomic mass is 9.93. The zero-order valence-corrected chi connectivity index (χ0v) is 9.18. The van der Waals surface area contributed by atoms with Gasteiger partial charge >= 0.3 is 0 Å². The molecule has 3 heteroatoms. The molecule has 2 aliphatic rings. The van der Waals surface area contributed by atoms with E-state index in [-0.39, 0.29) is 0 Å². The van der Waals surface area contributed by atoms with Crippen LogP contribution in [0.5, 0.6) is 0 Å². The fourth-order valence-electron chi connectivity index (χ4n) is 2.25. The molecule has 0 amide bonds. The molecule has 1 fully saturated rings. The van der Waals surface area contributed by atoms with Crippen LogP contribution in [0.15, 0.2) is 4.60 Å². The van der Waals surface area contributed by atoms with Crippen molar-refractivity contribution in [3.05, 3.63) is 15.9 Å². The number of nitrogens with zero attached hydrogens (tertiary/aromatic N) is 2. The van der Waals surface area contributed by atoms with E-state index < -0.39 is 0 Å². The molecule has 0 saturated heterocycles. The Morgan fingerprint density at radius 1 is 1.23 bits per heavy atom. The van der Waals surface area contributed by atoms with Gasteiger partial charge in [0.1, 0.15) is 4.60 Å². The molecule has 1 saturated carbocycles. The van der Waals surface area contributed by atoms with E-state index in [1.807, 2.05) is 0 Å². The minimum absolute atomic E-state index is 0.694. The summed E-state index contributed by atoms with van der Waals surface area (Å²) in [5.41, 5.74) is 2.82. The smallest absolute Gasteiger partial charge is 0.107 e. The zero-order chi connectivity index (χ0) is 8.84. The van der Waals surface area contributed by atoms with E-state index >= 15 is 0 Å². The SMILES string of the molecule is Brc1c2c(nn1C1CCC1)CCC2. The summed E-state index contributed by atoms with van der Waals surface area (Å²) in [5, 5.41) is 4.68. The summed E-state index contributed by atoms with van der Waals surface area (Å²) in [6.45, 7) is 0. The van der Waals surface area contributed by atoms with Crippen molar-refractivity contribution in [1.82, 2.24) is 9.78 Å². The van der Waals surface area contributed by atoms with Crippen molar-refractivity contribution in [1.29, 1.82) is 0 Å². The molecule has 1 aromatic rings. The summed E-state index contributed by atoms with van der Waals surface area (Å²) in [7, 11) is 0. The first-order valence-corrected chi connectivity index (χ1v) is 5.91. The second-order valence-electron chi connectivity index (χ2n) is 4.10. The summed E-state index contributed by atoms with van der Waals surface area (Å²) in [6, 6.07) is 0.694. The fourth-order valence-corrected chi connectivity index (χ4v) is 3.04. The quantitative estimate of drug-likeness (QED) is 0.739. The van der Waals surface area contributed by atoms with Gasteiger partial charge in [-0.25, -0.2) is 0 Å². The Balaban J connectivity index is 2.01. The Hall–Kier alpha value is -0.310. The van der Waals surface area contributed by atoms with Gasteiger partial charge in [-0.2, -0.15) is 5.10 Å². The summed E-state index contributed by atoms with van der Waals surface area (Å²) < 4.78 is 3.48. The molecule has 0 N–H and O–H groups in total. The molecule has 0 unspecified atom stereocenters. The van der Waals surface area contributed by atoms with Gasteiger partial charge in [0, 0.05) is 5.56 Å². The average Bonchev–Trinajstić information content (AvgIpc) is 2.54. The summed E-state index contributed by atoms with van der Waals surface area (Å²) in [4.78, 5) is 0. The number of aryl methyl sites for hydroxylation is 1. The van der Waals surface area contributed by atoms with Crippen LogP contribution in [0.4, 0.5) is 0 Å². The third-order valence-corrected chi connectivity index (χ3v) is 4.13. The van der Waals surface area contributed by atoms with Crippen molar-refractivity contribution >= 4 is 15.9 Å². The molecule has 0 radical (unpaired) electrons. The van der Waals surface area contributed by atoms with E-state index in [1.54, 1.807) is 0 Å². The average molecular weight is 241 g/mol. The third-order valence-electron chi connectivity index (χ3n) is 3.29. The van der Waals surface area contributed by atoms with E-state index in [0.29, 0.717) is 6.04 Å². The van der Waals surface area contributed by atoms with Gasteiger partial charge in [0.2, 0.25) is 0 Å². The third kappa shape index (κ3) is 1.09. The van der Waals surface area contributed by atoms with Crippen molar-refractivity contribution < 1.29 is 0 Å². The molecule has 13 heavy (non-hydrogen) atoms. The molecule has 3 rings (SSSR count). The van der Waals surface area contributed by atoms with Gasteiger partial charge in [-0.15, -0.1) is 0 Å². The topological polar surface area (TPSA) is 17.8 Å². The molecule has 0 atom stereocenters. The minimum Gasteiger partial charge on any atom is -0.255 e. The van der Waals surface area contributed by atoms with Crippen LogP contribution in [-0.4, -0.2) is 9.78 Å². The van der Waals surface area contributed by atoms with Crippen molar-refractivity contribution in [2.75, 3.05) is 0 Å². The number of hydrogen-bond acceptors (Lipinski definition) is 1. The van der Waals surface area contributed by atoms with Gasteiger partial charge in [-0.1, -0.05) is 0 Å². The molecule has 70 valence electrons. The van der Waals surface area contributed by atoms with E-state index in [2.05, 4.69) is 25.7 Å². The van der Waals surface area contributed by atoms with Gasteiger partial charge in [-0.05, 0) is 54.5 Å². The molecule has 1 aromatic heterocycles. The Labute approximate surface area is 86.4 Å². The number of rotatable bonds is 1. The second-order valence-corrected chi connectivity index (χ2v) is 4.85. The second kappa shape index (κ2) is 2.84. The fraction of sp³-hybridized carbons (Fsp3) is 0.700. The summed E-state index contributed by atoms with van der Waals surface area (Å²) >= 11 is 3.68. The first-order chi connectivity index (χ1) is 6.36. The molecule has 0 aromatic carbocycles. The Morgan fingerprint density at radius 2 is 2.08 bits per heavy atom. The molecule has 1 heterocycles. The molecular formula is C10H13BrN2. The lowest BCUT2D eigenvalue weighted by Crippen LogP contribution is -2.18. The maximum atomic E-state index is 4.68. The van der Waals surface area contributed by atoms with Crippen molar-refractivity contribution in [3.63, 3.8) is 0 Å². The van der Waals surface area contributed by atoms with Crippen LogP contribution in [0.25, 0.3) is 0 Å². The highest BCUT2D eigenvalue weighted by Gasteiger charge is 2.27. The van der Waals surface area contributed by atoms with Crippen molar-refractivity contribution in [2.45, 2.75) is 44.6 Å². The maximum absolute atomic E-state index is 4.68. The van der Waals surface area contributed by atoms with Crippen LogP contribution < -0.4 is 0 Å². The standard InChI is InChI=1S/C10H13BrN2/c11-10-8-5-2-6-9(8)12-13(10)7-3-1-4-7/h7H,1-6H2. The first kappa shape index (κ1) is 8.04. The lowest BCUT2D eigenvalue weighted by molar-refractivity contribution is 0.283. The van der Waals surface area contributed by atoms with E-state index in [9.17, 15) is 0 Å². The largest absolute Gasteiger partial charge is 0.255 e. The normalized spacial score (nSPS) is 21.6. The van der Waals surface area contributed by atoms with Gasteiger partial charge in [0.05, 0.1) is 11.7 Å². The van der Waals surface area contributed by atoms with E-state index in [0.717, 1.165) is 0 Å². The Morgan fingerprint density at radius 3 is 2.69 bits per heavy atom. The van der Waals surface area contributed by atoms with Crippen LogP contribution in [0, 0.1) is 0 Å². The molecule has 2 nitrogen and oxygen atoms in total. The highest BCUT2D eigenvalue weighted by molar-refractivity contribution is 9.10. The zero-order valence-electron chi connectivity index (χ0n) is 7.59. The van der Waals surface area contributed by atoms with Crippen LogP contribution in [-0.2, 0) is 12.8 Å². The number of hydrogen-bond donors (Lipinski definition) is 0. The molecule has 2 aliphatic carbocycles. The van der Waals surface area contributed by atoms with Crippen molar-refractivity contribution in [2.24, 2.45) is 0 Å². The number of aromatic nitrogens is 2. The Kier molecular flexibility index (Phi) is 1.76. The van der Waals surface area contributed by atoms with E-state index in [1.165, 1.54) is 54.4 Å². The van der Waals surface area contributed by atoms with Gasteiger partial charge in [0.15, 0.2) is 0 Å². The molecule has 0 spiro atoms. The lowest BCUT2D eigenvalue weighted by Gasteiger charge is -2.26. The molecule has 0 bridgehead atoms. The van der Waals surface area contributed by atoms with Crippen molar-refractivity contribution in [3.8, 4) is 0 Å². The van der Waals surface area contributed by atoms with Gasteiger partial charge in [0.25, 0.3) is 0 Å². The predicted octanol–water partition coefficient (Wildman–Crippen LogP) is 2.86. The van der Waals surface area contributed by atoms with Crippen LogP contribution in [0.3, 0.4) is 0 Å². The van der Waals surface area contributed by atoms with Gasteiger partial charge in [-0.3, -0.25) is 4.68 Å². The van der Waals surface area contributed by atoms with E-state index in [4.69, 9.17) is 0 Å². The minimum atomic E-state index is 0.694. The molecular weight excluding hydrogens is 228 g/mol. The highest BCUT2D eigenvalue weighted by atomic mass is 79.9. The van der Waals surface area contributed by atoms with Crippen LogP contribution in [0.2, 0.25) is 0 Å². The van der Waals surface area contributed by atoms with Gasteiger partial charge < -0.3 is 0 Å². The molecule has 0 aliphatic heterocycles. The Bertz CT molecular complexity index is 339. The number of halogens is 1. The predicted molar refractivity (Wildman–Crippen MR) is 54.8 cm³/mol. The summed E-state index contributed by atoms with van der Waals surface area (Å²) in [5.74, 6) is 0. The highest BCUT2D eigenvalue weighted by Crippen LogP contribution is 2.37. The summed E-state index contributed by atoms with van der Waals surface area (Å²) in [6.07, 6.45) is 7.72. The monoisotopic (exact) mass is 240 g/mol. The van der Waals surface area contributed by atoms with Crippen LogP contribution >= 0.6 is 15.9 Å². The first-order valence-electron chi connectivity index (χ1n) is 5.12. The number of fused-ring (bicyclic) bond motifs is 1. The van der Waals surface area contributed by atoms with Crippen LogP contribution in [0.1, 0.15) is 43.0 Å². The maximum Gasteiger partial charge on any atom is 0.107 e.